The number of aliphatic hydroxyl groups is 1. The summed E-state index contributed by atoms with van der Waals surface area (Å²) in [7, 11) is 0. The van der Waals surface area contributed by atoms with Crippen LogP contribution < -0.4 is 5.32 Å². The van der Waals surface area contributed by atoms with Crippen LogP contribution in [0.5, 0.6) is 0 Å². The first kappa shape index (κ1) is 13.3. The number of nitrogens with one attached hydrogen (secondary N) is 1. The Morgan fingerprint density at radius 3 is 2.62 bits per heavy atom. The molecule has 0 aromatic carbocycles. The zero-order valence-electron chi connectivity index (χ0n) is 10.8. The molecule has 0 radical (unpaired) electrons. The predicted molar refractivity (Wildman–Crippen MR) is 65.4 cm³/mol. The van der Waals surface area contributed by atoms with Crippen molar-refractivity contribution in [3.63, 3.8) is 0 Å². The lowest BCUT2D eigenvalue weighted by Gasteiger charge is -2.22. The standard InChI is InChI=1S/C13H23NO2/c1-5-6-13(4,15)9-14-8-12-7-10(2)16-11(12)3/h7,14-15H,5-6,8-9H2,1-4H3. The van der Waals surface area contributed by atoms with E-state index in [0.29, 0.717) is 6.54 Å². The van der Waals surface area contributed by atoms with Crippen molar-refractivity contribution in [2.45, 2.75) is 52.7 Å². The second-order valence-corrected chi connectivity index (χ2v) is 4.79. The van der Waals surface area contributed by atoms with Crippen molar-refractivity contribution >= 4 is 0 Å². The predicted octanol–water partition coefficient (Wildman–Crippen LogP) is 2.54. The number of hydrogen-bond donors (Lipinski definition) is 2. The molecule has 0 spiro atoms. The summed E-state index contributed by atoms with van der Waals surface area (Å²) in [6, 6.07) is 2.04. The van der Waals surface area contributed by atoms with Gasteiger partial charge in [0.05, 0.1) is 5.60 Å². The molecule has 1 rings (SSSR count). The average molecular weight is 225 g/mol. The van der Waals surface area contributed by atoms with Crippen molar-refractivity contribution in [2.75, 3.05) is 6.54 Å². The van der Waals surface area contributed by atoms with Gasteiger partial charge in [0.25, 0.3) is 0 Å². The third kappa shape index (κ3) is 3.99. The zero-order valence-corrected chi connectivity index (χ0v) is 10.8. The van der Waals surface area contributed by atoms with Crippen molar-refractivity contribution in [1.82, 2.24) is 5.32 Å². The minimum absolute atomic E-state index is 0.610. The van der Waals surface area contributed by atoms with Crippen molar-refractivity contribution in [1.29, 1.82) is 0 Å². The average Bonchev–Trinajstić information content (AvgIpc) is 2.44. The van der Waals surface area contributed by atoms with Gasteiger partial charge >= 0.3 is 0 Å². The van der Waals surface area contributed by atoms with Gasteiger partial charge in [-0.05, 0) is 33.3 Å². The number of furan rings is 1. The minimum atomic E-state index is -0.610. The van der Waals surface area contributed by atoms with Gasteiger partial charge in [-0.25, -0.2) is 0 Å². The van der Waals surface area contributed by atoms with Crippen LogP contribution in [0.4, 0.5) is 0 Å². The topological polar surface area (TPSA) is 45.4 Å². The van der Waals surface area contributed by atoms with Crippen molar-refractivity contribution in [2.24, 2.45) is 0 Å². The van der Waals surface area contributed by atoms with Gasteiger partial charge < -0.3 is 14.8 Å². The summed E-state index contributed by atoms with van der Waals surface area (Å²) in [5.74, 6) is 1.90. The molecule has 3 heteroatoms. The van der Waals surface area contributed by atoms with Crippen LogP contribution in [0.3, 0.4) is 0 Å². The third-order valence-corrected chi connectivity index (χ3v) is 2.75. The van der Waals surface area contributed by atoms with E-state index in [2.05, 4.69) is 12.2 Å². The van der Waals surface area contributed by atoms with E-state index in [1.165, 1.54) is 5.56 Å². The monoisotopic (exact) mass is 225 g/mol. The van der Waals surface area contributed by atoms with Crippen LogP contribution in [0.1, 0.15) is 43.8 Å². The first-order chi connectivity index (χ1) is 7.44. The quantitative estimate of drug-likeness (QED) is 0.782. The maximum Gasteiger partial charge on any atom is 0.105 e. The first-order valence-electron chi connectivity index (χ1n) is 5.93. The van der Waals surface area contributed by atoms with E-state index >= 15 is 0 Å². The summed E-state index contributed by atoms with van der Waals surface area (Å²) in [4.78, 5) is 0. The van der Waals surface area contributed by atoms with Crippen LogP contribution in [0.25, 0.3) is 0 Å². The van der Waals surface area contributed by atoms with E-state index < -0.39 is 5.60 Å². The van der Waals surface area contributed by atoms with Crippen LogP contribution in [0.15, 0.2) is 10.5 Å². The summed E-state index contributed by atoms with van der Waals surface area (Å²) >= 11 is 0. The van der Waals surface area contributed by atoms with Crippen LogP contribution in [-0.4, -0.2) is 17.3 Å². The summed E-state index contributed by atoms with van der Waals surface area (Å²) in [6.45, 7) is 9.24. The lowest BCUT2D eigenvalue weighted by Crippen LogP contribution is -2.37. The highest BCUT2D eigenvalue weighted by molar-refractivity contribution is 5.19. The Hall–Kier alpha value is -0.800. The van der Waals surface area contributed by atoms with Crippen LogP contribution in [0, 0.1) is 13.8 Å². The molecule has 1 unspecified atom stereocenters. The molecular weight excluding hydrogens is 202 g/mol. The lowest BCUT2D eigenvalue weighted by atomic mass is 10.0. The van der Waals surface area contributed by atoms with E-state index in [4.69, 9.17) is 4.42 Å². The molecule has 2 N–H and O–H groups in total. The first-order valence-corrected chi connectivity index (χ1v) is 5.93. The fraction of sp³-hybridized carbons (Fsp3) is 0.692. The summed E-state index contributed by atoms with van der Waals surface area (Å²) < 4.78 is 5.44. The Labute approximate surface area is 97.9 Å². The molecule has 3 nitrogen and oxygen atoms in total. The van der Waals surface area contributed by atoms with Crippen molar-refractivity contribution < 1.29 is 9.52 Å². The molecule has 0 aliphatic rings. The van der Waals surface area contributed by atoms with E-state index in [1.807, 2.05) is 26.8 Å². The highest BCUT2D eigenvalue weighted by atomic mass is 16.3. The van der Waals surface area contributed by atoms with Crippen LogP contribution in [0.2, 0.25) is 0 Å². The maximum atomic E-state index is 9.98. The Bertz CT molecular complexity index is 329. The molecule has 0 bridgehead atoms. The highest BCUT2D eigenvalue weighted by Gasteiger charge is 2.18. The smallest absolute Gasteiger partial charge is 0.105 e. The fourth-order valence-corrected chi connectivity index (χ4v) is 1.95. The molecule has 0 aliphatic heterocycles. The number of hydrogen-bond acceptors (Lipinski definition) is 3. The largest absolute Gasteiger partial charge is 0.466 e. The minimum Gasteiger partial charge on any atom is -0.466 e. The normalized spacial score (nSPS) is 15.1. The van der Waals surface area contributed by atoms with Gasteiger partial charge in [0.2, 0.25) is 0 Å². The molecule has 0 amide bonds. The Morgan fingerprint density at radius 1 is 1.44 bits per heavy atom. The third-order valence-electron chi connectivity index (χ3n) is 2.75. The fourth-order valence-electron chi connectivity index (χ4n) is 1.95. The Kier molecular flexibility index (Phi) is 4.56. The molecule has 1 aromatic heterocycles. The van der Waals surface area contributed by atoms with Gasteiger partial charge in [-0.2, -0.15) is 0 Å². The molecular formula is C13H23NO2. The molecule has 1 heterocycles. The Morgan fingerprint density at radius 2 is 2.12 bits per heavy atom. The second kappa shape index (κ2) is 5.51. The summed E-state index contributed by atoms with van der Waals surface area (Å²) in [6.07, 6.45) is 1.82. The van der Waals surface area contributed by atoms with Crippen LogP contribution >= 0.6 is 0 Å². The second-order valence-electron chi connectivity index (χ2n) is 4.79. The van der Waals surface area contributed by atoms with Gasteiger partial charge in [-0.3, -0.25) is 0 Å². The molecule has 0 saturated heterocycles. The Balaban J connectivity index is 2.38. The lowest BCUT2D eigenvalue weighted by molar-refractivity contribution is 0.0497. The van der Waals surface area contributed by atoms with Crippen molar-refractivity contribution in [3.05, 3.63) is 23.2 Å². The van der Waals surface area contributed by atoms with Crippen LogP contribution in [-0.2, 0) is 6.54 Å². The molecule has 92 valence electrons. The van der Waals surface area contributed by atoms with Gasteiger partial charge in [0, 0.05) is 18.7 Å². The molecule has 1 aromatic rings. The van der Waals surface area contributed by atoms with E-state index in [1.54, 1.807) is 0 Å². The molecule has 0 saturated carbocycles. The molecule has 0 fully saturated rings. The van der Waals surface area contributed by atoms with Gasteiger partial charge in [-0.1, -0.05) is 13.3 Å². The molecule has 1 atom stereocenters. The van der Waals surface area contributed by atoms with Gasteiger partial charge in [-0.15, -0.1) is 0 Å². The molecule has 0 aliphatic carbocycles. The zero-order chi connectivity index (χ0) is 12.2. The molecule has 16 heavy (non-hydrogen) atoms. The maximum absolute atomic E-state index is 9.98. The summed E-state index contributed by atoms with van der Waals surface area (Å²) in [5, 5.41) is 13.3. The number of rotatable bonds is 6. The summed E-state index contributed by atoms with van der Waals surface area (Å²) in [5.41, 5.74) is 0.561. The SMILES string of the molecule is CCCC(C)(O)CNCc1cc(C)oc1C. The van der Waals surface area contributed by atoms with Gasteiger partial charge in [0.1, 0.15) is 11.5 Å². The van der Waals surface area contributed by atoms with E-state index in [9.17, 15) is 5.11 Å². The number of aryl methyl sites for hydroxylation is 2. The van der Waals surface area contributed by atoms with E-state index in [0.717, 1.165) is 30.9 Å². The van der Waals surface area contributed by atoms with Crippen molar-refractivity contribution in [3.8, 4) is 0 Å². The van der Waals surface area contributed by atoms with Gasteiger partial charge in [0.15, 0.2) is 0 Å². The highest BCUT2D eigenvalue weighted by Crippen LogP contribution is 2.14. The van der Waals surface area contributed by atoms with E-state index in [-0.39, 0.29) is 0 Å².